The highest BCUT2D eigenvalue weighted by Gasteiger charge is 2.32. The number of aryl methyl sites for hydroxylation is 1. The summed E-state index contributed by atoms with van der Waals surface area (Å²) in [6.45, 7) is 0.313. The van der Waals surface area contributed by atoms with Gasteiger partial charge < -0.3 is 29.4 Å². The SMILES string of the molecule is COc1cc2c(cc1OCC(=O)Nc1cn(C)c(C(=O)O)n1)N=C[C@@H]1CCCN1C2=O. The third kappa shape index (κ3) is 3.93. The number of fused-ring (bicyclic) bond motifs is 2. The second-order valence-electron chi connectivity index (χ2n) is 7.21. The predicted octanol–water partition coefficient (Wildman–Crippen LogP) is 1.46. The number of carboxylic acids is 1. The Morgan fingerprint density at radius 3 is 2.84 bits per heavy atom. The molecule has 162 valence electrons. The van der Waals surface area contributed by atoms with Gasteiger partial charge >= 0.3 is 5.97 Å². The first-order chi connectivity index (χ1) is 14.9. The van der Waals surface area contributed by atoms with Crippen molar-refractivity contribution in [3.63, 3.8) is 0 Å². The Labute approximate surface area is 177 Å². The molecule has 0 bridgehead atoms. The Bertz CT molecular complexity index is 1090. The maximum atomic E-state index is 12.9. The van der Waals surface area contributed by atoms with Crippen LogP contribution < -0.4 is 14.8 Å². The van der Waals surface area contributed by atoms with Crippen molar-refractivity contribution in [1.29, 1.82) is 0 Å². The highest BCUT2D eigenvalue weighted by Crippen LogP contribution is 2.38. The molecule has 0 unspecified atom stereocenters. The minimum Gasteiger partial charge on any atom is -0.493 e. The van der Waals surface area contributed by atoms with Crippen molar-refractivity contribution in [2.45, 2.75) is 18.9 Å². The van der Waals surface area contributed by atoms with Gasteiger partial charge in [-0.3, -0.25) is 14.6 Å². The molecule has 2 amide bonds. The van der Waals surface area contributed by atoms with E-state index in [1.807, 2.05) is 0 Å². The molecule has 1 atom stereocenters. The highest BCUT2D eigenvalue weighted by atomic mass is 16.5. The average Bonchev–Trinajstić information content (AvgIpc) is 3.33. The number of aromatic nitrogens is 2. The van der Waals surface area contributed by atoms with Crippen LogP contribution in [0, 0.1) is 0 Å². The molecule has 11 nitrogen and oxygen atoms in total. The molecule has 0 saturated carbocycles. The summed E-state index contributed by atoms with van der Waals surface area (Å²) in [4.78, 5) is 46.2. The van der Waals surface area contributed by atoms with Gasteiger partial charge in [0.25, 0.3) is 11.8 Å². The smallest absolute Gasteiger partial charge is 0.372 e. The van der Waals surface area contributed by atoms with Crippen molar-refractivity contribution in [3.05, 3.63) is 29.7 Å². The Kier molecular flexibility index (Phi) is 5.32. The number of rotatable bonds is 6. The largest absolute Gasteiger partial charge is 0.493 e. The number of hydrogen-bond acceptors (Lipinski definition) is 7. The molecule has 0 spiro atoms. The summed E-state index contributed by atoms with van der Waals surface area (Å²) in [5.74, 6) is -1.39. The zero-order valence-corrected chi connectivity index (χ0v) is 17.0. The van der Waals surface area contributed by atoms with Crippen LogP contribution in [0.3, 0.4) is 0 Å². The van der Waals surface area contributed by atoms with Crippen LogP contribution in [0.5, 0.6) is 11.5 Å². The van der Waals surface area contributed by atoms with Gasteiger partial charge in [-0.15, -0.1) is 0 Å². The van der Waals surface area contributed by atoms with Gasteiger partial charge in [0.05, 0.1) is 24.4 Å². The van der Waals surface area contributed by atoms with Crippen molar-refractivity contribution in [2.75, 3.05) is 25.6 Å². The molecule has 2 N–H and O–H groups in total. The van der Waals surface area contributed by atoms with Gasteiger partial charge in [-0.1, -0.05) is 0 Å². The number of aliphatic imine (C=N–C) groups is 1. The molecule has 31 heavy (non-hydrogen) atoms. The monoisotopic (exact) mass is 427 g/mol. The average molecular weight is 427 g/mol. The molecule has 2 aliphatic heterocycles. The molecule has 3 heterocycles. The van der Waals surface area contributed by atoms with Crippen LogP contribution >= 0.6 is 0 Å². The number of carbonyl (C=O) groups excluding carboxylic acids is 2. The van der Waals surface area contributed by atoms with Crippen LogP contribution in [-0.2, 0) is 11.8 Å². The highest BCUT2D eigenvalue weighted by molar-refractivity contribution is 6.03. The Balaban J connectivity index is 1.49. The maximum absolute atomic E-state index is 12.9. The summed E-state index contributed by atoms with van der Waals surface area (Å²) < 4.78 is 12.2. The summed E-state index contributed by atoms with van der Waals surface area (Å²) in [5.41, 5.74) is 0.871. The van der Waals surface area contributed by atoms with E-state index in [0.29, 0.717) is 23.5 Å². The molecule has 4 rings (SSSR count). The van der Waals surface area contributed by atoms with Crippen LogP contribution in [0.2, 0.25) is 0 Å². The van der Waals surface area contributed by atoms with E-state index in [1.165, 1.54) is 24.9 Å². The molecule has 0 aliphatic carbocycles. The van der Waals surface area contributed by atoms with Crippen LogP contribution in [0.1, 0.15) is 33.8 Å². The number of amides is 2. The summed E-state index contributed by atoms with van der Waals surface area (Å²) in [6, 6.07) is 3.12. The number of hydrogen-bond donors (Lipinski definition) is 2. The number of benzene rings is 1. The minimum absolute atomic E-state index is 0.0184. The van der Waals surface area contributed by atoms with E-state index in [-0.39, 0.29) is 35.9 Å². The van der Waals surface area contributed by atoms with Crippen molar-refractivity contribution in [2.24, 2.45) is 12.0 Å². The predicted molar refractivity (Wildman–Crippen MR) is 109 cm³/mol. The number of nitrogens with zero attached hydrogens (tertiary/aromatic N) is 4. The Morgan fingerprint density at radius 2 is 2.13 bits per heavy atom. The summed E-state index contributed by atoms with van der Waals surface area (Å²) in [6.07, 6.45) is 4.97. The van der Waals surface area contributed by atoms with Gasteiger partial charge in [-0.05, 0) is 18.9 Å². The molecule has 0 radical (unpaired) electrons. The molecule has 1 saturated heterocycles. The molecule has 2 aliphatic rings. The zero-order valence-electron chi connectivity index (χ0n) is 17.0. The normalized spacial score (nSPS) is 17.0. The number of anilines is 1. The fraction of sp³-hybridized carbons (Fsp3) is 0.350. The second-order valence-corrected chi connectivity index (χ2v) is 7.21. The lowest BCUT2D eigenvalue weighted by Crippen LogP contribution is -2.35. The third-order valence-electron chi connectivity index (χ3n) is 5.15. The van der Waals surface area contributed by atoms with Crippen LogP contribution in [-0.4, -0.2) is 69.9 Å². The van der Waals surface area contributed by atoms with Gasteiger partial charge in [0.2, 0.25) is 5.82 Å². The fourth-order valence-electron chi connectivity index (χ4n) is 3.67. The third-order valence-corrected chi connectivity index (χ3v) is 5.15. The number of ether oxygens (including phenoxy) is 2. The van der Waals surface area contributed by atoms with Crippen molar-refractivity contribution >= 4 is 35.5 Å². The van der Waals surface area contributed by atoms with Gasteiger partial charge in [-0.2, -0.15) is 0 Å². The molecule has 2 aromatic rings. The first-order valence-electron chi connectivity index (χ1n) is 9.64. The van der Waals surface area contributed by atoms with E-state index in [9.17, 15) is 14.4 Å². The summed E-state index contributed by atoms with van der Waals surface area (Å²) in [7, 11) is 2.95. The first-order valence-corrected chi connectivity index (χ1v) is 9.64. The number of carboxylic acid groups (broad SMARTS) is 1. The lowest BCUT2D eigenvalue weighted by atomic mass is 10.1. The molecule has 1 aromatic carbocycles. The topological polar surface area (TPSA) is 135 Å². The maximum Gasteiger partial charge on any atom is 0.372 e. The lowest BCUT2D eigenvalue weighted by Gasteiger charge is -2.20. The fourth-order valence-corrected chi connectivity index (χ4v) is 3.67. The van der Waals surface area contributed by atoms with E-state index < -0.39 is 11.9 Å². The Hall–Kier alpha value is -3.89. The van der Waals surface area contributed by atoms with Crippen LogP contribution in [0.4, 0.5) is 11.5 Å². The molecular weight excluding hydrogens is 406 g/mol. The van der Waals surface area contributed by atoms with E-state index in [4.69, 9.17) is 14.6 Å². The number of aromatic carboxylic acids is 1. The minimum atomic E-state index is -1.20. The van der Waals surface area contributed by atoms with Crippen molar-refractivity contribution in [1.82, 2.24) is 14.5 Å². The lowest BCUT2D eigenvalue weighted by molar-refractivity contribution is -0.118. The number of carbonyl (C=O) groups is 3. The second kappa shape index (κ2) is 8.09. The Morgan fingerprint density at radius 1 is 1.32 bits per heavy atom. The van der Waals surface area contributed by atoms with E-state index >= 15 is 0 Å². The van der Waals surface area contributed by atoms with E-state index in [0.717, 1.165) is 12.8 Å². The quantitative estimate of drug-likeness (QED) is 0.712. The van der Waals surface area contributed by atoms with Crippen molar-refractivity contribution < 1.29 is 29.0 Å². The van der Waals surface area contributed by atoms with E-state index in [1.54, 1.807) is 23.2 Å². The van der Waals surface area contributed by atoms with Gasteiger partial charge in [-0.25, -0.2) is 9.78 Å². The van der Waals surface area contributed by atoms with Crippen LogP contribution in [0.15, 0.2) is 23.3 Å². The van der Waals surface area contributed by atoms with Gasteiger partial charge in [0.1, 0.15) is 0 Å². The molecular formula is C20H21N5O6. The number of methoxy groups -OCH3 is 1. The molecule has 11 heteroatoms. The summed E-state index contributed by atoms with van der Waals surface area (Å²) in [5, 5.41) is 11.5. The number of imidazole rings is 1. The molecule has 1 fully saturated rings. The first kappa shape index (κ1) is 20.4. The van der Waals surface area contributed by atoms with E-state index in [2.05, 4.69) is 15.3 Å². The van der Waals surface area contributed by atoms with Gasteiger partial charge in [0.15, 0.2) is 23.9 Å². The molecule has 1 aromatic heterocycles. The van der Waals surface area contributed by atoms with Gasteiger partial charge in [0, 0.05) is 32.1 Å². The zero-order chi connectivity index (χ0) is 22.1. The summed E-state index contributed by atoms with van der Waals surface area (Å²) >= 11 is 0. The van der Waals surface area contributed by atoms with Crippen molar-refractivity contribution in [3.8, 4) is 11.5 Å². The standard InChI is InChI=1S/C20H21N5O6/c1-24-9-16(23-18(24)20(28)29)22-17(26)10-31-15-7-13-12(6-14(15)30-2)19(27)25-5-3-4-11(25)8-21-13/h6-9,11H,3-5,10H2,1-2H3,(H,22,26)(H,28,29)/t11-/m0/s1. The van der Waals surface area contributed by atoms with Crippen LogP contribution in [0.25, 0.3) is 0 Å². The number of nitrogens with one attached hydrogen (secondary N) is 1.